The van der Waals surface area contributed by atoms with Crippen LogP contribution in [0.1, 0.15) is 182 Å². The van der Waals surface area contributed by atoms with Crippen molar-refractivity contribution in [1.82, 2.24) is 0 Å². The molecule has 0 radical (unpaired) electrons. The minimum absolute atomic E-state index is 0. The van der Waals surface area contributed by atoms with Gasteiger partial charge in [0, 0.05) is 0 Å². The van der Waals surface area contributed by atoms with Gasteiger partial charge in [-0.25, -0.2) is 18.0 Å². The molecule has 1 atom stereocenters. The summed E-state index contributed by atoms with van der Waals surface area (Å²) in [5.74, 6) is -1.70. The smallest absolute Gasteiger partial charge is 0.745 e. The number of unbranched alkanes of at least 4 members (excludes halogenated alkanes) is 20. The van der Waals surface area contributed by atoms with E-state index >= 15 is 0 Å². The van der Waals surface area contributed by atoms with Gasteiger partial charge in [0.1, 0.15) is 10.1 Å². The van der Waals surface area contributed by atoms with Crippen LogP contribution < -0.4 is 29.6 Å². The van der Waals surface area contributed by atoms with E-state index in [1.165, 1.54) is 134 Å². The third-order valence-electron chi connectivity index (χ3n) is 7.93. The number of carbonyl (C=O) groups excluding carboxylic acids is 2. The van der Waals surface area contributed by atoms with E-state index < -0.39 is 27.5 Å². The maximum Gasteiger partial charge on any atom is 1.00 e. The van der Waals surface area contributed by atoms with E-state index in [4.69, 9.17) is 9.47 Å². The average molecular weight is 647 g/mol. The van der Waals surface area contributed by atoms with Gasteiger partial charge >= 0.3 is 41.5 Å². The van der Waals surface area contributed by atoms with Gasteiger partial charge in [-0.2, -0.15) is 0 Å². The summed E-state index contributed by atoms with van der Waals surface area (Å²) < 4.78 is 44.5. The molecule has 7 nitrogen and oxygen atoms in total. The summed E-state index contributed by atoms with van der Waals surface area (Å²) in [5.41, 5.74) is -1.90. The predicted octanol–water partition coefficient (Wildman–Crippen LogP) is 6.89. The molecule has 248 valence electrons. The molecule has 0 aliphatic heterocycles. The maximum absolute atomic E-state index is 12.6. The van der Waals surface area contributed by atoms with Crippen molar-refractivity contribution in [2.24, 2.45) is 0 Å². The molecule has 1 aromatic carbocycles. The topological polar surface area (TPSA) is 110 Å². The molecule has 0 aromatic heterocycles. The van der Waals surface area contributed by atoms with Crippen LogP contribution in [-0.2, 0) is 19.6 Å². The van der Waals surface area contributed by atoms with Crippen molar-refractivity contribution in [3.05, 3.63) is 35.4 Å². The van der Waals surface area contributed by atoms with Crippen LogP contribution >= 0.6 is 0 Å². The van der Waals surface area contributed by atoms with Crippen LogP contribution in [0, 0.1) is 0 Å². The van der Waals surface area contributed by atoms with Crippen molar-refractivity contribution in [3.8, 4) is 0 Å². The summed E-state index contributed by atoms with van der Waals surface area (Å²) in [6.07, 6.45) is 27.6. The SMILES string of the molecule is CCCCCCCCCCCCCCCCCCCCCCCOC(=O)c1ccccc1C(=O)OC(CCC)S(=O)(=O)[O-].[Na+]. The Morgan fingerprint density at radius 3 is 1.34 bits per heavy atom. The van der Waals surface area contributed by atoms with Gasteiger partial charge in [-0.3, -0.25) is 0 Å². The Morgan fingerprint density at radius 2 is 0.977 bits per heavy atom. The zero-order valence-electron chi connectivity index (χ0n) is 28.1. The minimum Gasteiger partial charge on any atom is -0.745 e. The van der Waals surface area contributed by atoms with Gasteiger partial charge in [-0.15, -0.1) is 0 Å². The van der Waals surface area contributed by atoms with E-state index in [-0.39, 0.29) is 53.7 Å². The molecule has 1 aromatic rings. The molecule has 1 unspecified atom stereocenters. The van der Waals surface area contributed by atoms with Crippen LogP contribution in [0.3, 0.4) is 0 Å². The summed E-state index contributed by atoms with van der Waals surface area (Å²) in [6.45, 7) is 4.20. The number of ether oxygens (including phenoxy) is 2. The first-order chi connectivity index (χ1) is 20.8. The Morgan fingerprint density at radius 1 is 0.614 bits per heavy atom. The fourth-order valence-corrected chi connectivity index (χ4v) is 6.03. The molecule has 44 heavy (non-hydrogen) atoms. The molecular formula is C35H59NaO7S. The molecule has 0 amide bonds. The van der Waals surface area contributed by atoms with Gasteiger partial charge in [0.25, 0.3) is 0 Å². The quantitative estimate of drug-likeness (QED) is 0.0422. The minimum atomic E-state index is -4.82. The number of hydrogen-bond donors (Lipinski definition) is 0. The normalized spacial score (nSPS) is 12.0. The van der Waals surface area contributed by atoms with Crippen molar-refractivity contribution in [2.75, 3.05) is 6.61 Å². The van der Waals surface area contributed by atoms with Crippen molar-refractivity contribution < 1.29 is 61.6 Å². The van der Waals surface area contributed by atoms with E-state index in [2.05, 4.69) is 6.92 Å². The van der Waals surface area contributed by atoms with Crippen LogP contribution in [0.5, 0.6) is 0 Å². The second-order valence-corrected chi connectivity index (χ2v) is 13.4. The van der Waals surface area contributed by atoms with Gasteiger partial charge in [-0.1, -0.05) is 161 Å². The summed E-state index contributed by atoms with van der Waals surface area (Å²) in [6, 6.07) is 5.91. The fraction of sp³-hybridized carbons (Fsp3) is 0.771. The number of benzene rings is 1. The third kappa shape index (κ3) is 21.7. The van der Waals surface area contributed by atoms with Crippen LogP contribution in [0.15, 0.2) is 24.3 Å². The number of esters is 2. The van der Waals surface area contributed by atoms with Crippen molar-refractivity contribution in [2.45, 2.75) is 167 Å². The Balaban J connectivity index is 0.0000185. The number of hydrogen-bond acceptors (Lipinski definition) is 7. The fourth-order valence-electron chi connectivity index (χ4n) is 5.30. The zero-order chi connectivity index (χ0) is 31.6. The first kappa shape index (κ1) is 43.1. The van der Waals surface area contributed by atoms with E-state index in [0.717, 1.165) is 19.3 Å². The second-order valence-electron chi connectivity index (χ2n) is 11.9. The molecule has 0 heterocycles. The molecule has 0 N–H and O–H groups in total. The van der Waals surface area contributed by atoms with Crippen LogP contribution in [0.4, 0.5) is 0 Å². The van der Waals surface area contributed by atoms with Gasteiger partial charge in [0.15, 0.2) is 5.44 Å². The monoisotopic (exact) mass is 646 g/mol. The summed E-state index contributed by atoms with van der Waals surface area (Å²) >= 11 is 0. The Bertz CT molecular complexity index is 968. The Labute approximate surface area is 291 Å². The zero-order valence-corrected chi connectivity index (χ0v) is 30.9. The summed E-state index contributed by atoms with van der Waals surface area (Å²) in [7, 11) is -4.82. The van der Waals surface area contributed by atoms with Crippen LogP contribution in [0.2, 0.25) is 0 Å². The predicted molar refractivity (Wildman–Crippen MR) is 173 cm³/mol. The third-order valence-corrected chi connectivity index (χ3v) is 8.91. The van der Waals surface area contributed by atoms with Crippen LogP contribution in [-0.4, -0.2) is 37.0 Å². The van der Waals surface area contributed by atoms with Crippen molar-refractivity contribution >= 4 is 22.1 Å². The first-order valence-electron chi connectivity index (χ1n) is 17.2. The number of rotatable bonds is 28. The Hall–Kier alpha value is -0.930. The molecule has 1 rings (SSSR count). The molecule has 0 aliphatic rings. The molecule has 9 heteroatoms. The number of carbonyl (C=O) groups is 2. The molecule has 0 saturated heterocycles. The summed E-state index contributed by atoms with van der Waals surface area (Å²) in [4.78, 5) is 25.1. The molecular weight excluding hydrogens is 587 g/mol. The first-order valence-corrected chi connectivity index (χ1v) is 18.7. The van der Waals surface area contributed by atoms with E-state index in [9.17, 15) is 22.6 Å². The molecule has 0 fully saturated rings. The van der Waals surface area contributed by atoms with E-state index in [1.54, 1.807) is 13.0 Å². The van der Waals surface area contributed by atoms with Crippen molar-refractivity contribution in [3.63, 3.8) is 0 Å². The van der Waals surface area contributed by atoms with E-state index in [0.29, 0.717) is 6.42 Å². The van der Waals surface area contributed by atoms with Crippen molar-refractivity contribution in [1.29, 1.82) is 0 Å². The maximum atomic E-state index is 12.6. The largest absolute Gasteiger partial charge is 1.00 e. The Kier molecular flexibility index (Phi) is 27.7. The van der Waals surface area contributed by atoms with Gasteiger partial charge < -0.3 is 14.0 Å². The molecule has 0 spiro atoms. The average Bonchev–Trinajstić information content (AvgIpc) is 2.98. The van der Waals surface area contributed by atoms with Crippen LogP contribution in [0.25, 0.3) is 0 Å². The molecule has 0 aliphatic carbocycles. The molecule has 0 saturated carbocycles. The second kappa shape index (κ2) is 28.3. The van der Waals surface area contributed by atoms with Gasteiger partial charge in [0.2, 0.25) is 0 Å². The van der Waals surface area contributed by atoms with Gasteiger partial charge in [0.05, 0.1) is 17.7 Å². The summed E-state index contributed by atoms with van der Waals surface area (Å²) in [5, 5.41) is 0. The standard InChI is InChI=1S/C35H60O7S.Na/c1-3-5-6-7-8-9-10-11-12-13-14-15-16-17-18-19-20-21-22-23-26-30-41-34(36)31-28-24-25-29-32(31)35(37)42-33(27-4-2)43(38,39)40;/h24-25,28-29,33H,3-23,26-27,30H2,1-2H3,(H,38,39,40);/q;+1/p-1. The molecule has 0 bridgehead atoms. The van der Waals surface area contributed by atoms with E-state index in [1.807, 2.05) is 0 Å². The van der Waals surface area contributed by atoms with Gasteiger partial charge in [-0.05, 0) is 25.0 Å².